The van der Waals surface area contributed by atoms with E-state index in [1.165, 1.54) is 11.8 Å². The number of fused-ring (bicyclic) bond motifs is 2. The number of ether oxygens (including phenoxy) is 1. The Balaban J connectivity index is 1.82. The van der Waals surface area contributed by atoms with Gasteiger partial charge in [-0.15, -0.1) is 0 Å². The van der Waals surface area contributed by atoms with Gasteiger partial charge in [0.15, 0.2) is 10.9 Å². The van der Waals surface area contributed by atoms with E-state index in [2.05, 4.69) is 9.97 Å². The fourth-order valence-corrected chi connectivity index (χ4v) is 3.98. The van der Waals surface area contributed by atoms with Crippen LogP contribution in [0.4, 0.5) is 5.82 Å². The van der Waals surface area contributed by atoms with E-state index in [0.29, 0.717) is 49.3 Å². The second-order valence-electron chi connectivity index (χ2n) is 7.11. The number of ketones is 1. The second-order valence-corrected chi connectivity index (χ2v) is 7.88. The number of Topliss-reactive ketones (excluding diaryl/α,β-unsaturated/α-hetero) is 1. The molecule has 1 spiro atoms. The van der Waals surface area contributed by atoms with E-state index in [1.54, 1.807) is 6.92 Å². The third kappa shape index (κ3) is 2.55. The maximum Gasteiger partial charge on any atom is 0.189 e. The minimum Gasteiger partial charge on any atom is -0.386 e. The van der Waals surface area contributed by atoms with Crippen LogP contribution in [-0.4, -0.2) is 59.0 Å². The van der Waals surface area contributed by atoms with Gasteiger partial charge in [-0.1, -0.05) is 11.8 Å². The molecule has 1 atom stereocenters. The summed E-state index contributed by atoms with van der Waals surface area (Å²) in [6.45, 7) is 3.59. The normalized spacial score (nSPS) is 28.8. The van der Waals surface area contributed by atoms with Crippen molar-refractivity contribution in [2.45, 2.75) is 42.4 Å². The molecule has 4 rings (SSSR count). The molecule has 23 heavy (non-hydrogen) atoms. The number of nitrogens with zero attached hydrogens (tertiary/aromatic N) is 3. The van der Waals surface area contributed by atoms with Crippen LogP contribution in [0.5, 0.6) is 0 Å². The van der Waals surface area contributed by atoms with E-state index < -0.39 is 5.60 Å². The summed E-state index contributed by atoms with van der Waals surface area (Å²) in [5.41, 5.74) is 0.631. The molecule has 1 saturated heterocycles. The zero-order valence-corrected chi connectivity index (χ0v) is 14.3. The Labute approximate surface area is 139 Å². The summed E-state index contributed by atoms with van der Waals surface area (Å²) in [4.78, 5) is 23.9. The average molecular weight is 335 g/mol. The van der Waals surface area contributed by atoms with Gasteiger partial charge >= 0.3 is 0 Å². The van der Waals surface area contributed by atoms with Crippen LogP contribution in [0, 0.1) is 0 Å². The molecular weight excluding hydrogens is 314 g/mol. The Hall–Kier alpha value is -1.18. The van der Waals surface area contributed by atoms with Gasteiger partial charge in [-0.3, -0.25) is 4.79 Å². The third-order valence-electron chi connectivity index (χ3n) is 4.94. The van der Waals surface area contributed by atoms with Crippen molar-refractivity contribution in [2.24, 2.45) is 0 Å². The Morgan fingerprint density at radius 1 is 1.35 bits per heavy atom. The van der Waals surface area contributed by atoms with Crippen molar-refractivity contribution in [3.8, 4) is 0 Å². The van der Waals surface area contributed by atoms with Gasteiger partial charge in [-0.25, -0.2) is 9.97 Å². The molecule has 3 aliphatic rings. The fraction of sp³-hybridized carbons (Fsp3) is 0.688. The number of thioether (sulfide) groups is 1. The number of carbonyl (C=O) groups excluding carboxylic acids is 1. The lowest BCUT2D eigenvalue weighted by molar-refractivity contribution is -0.0123. The molecule has 0 radical (unpaired) electrons. The first kappa shape index (κ1) is 15.4. The molecule has 1 aromatic rings. The molecule has 0 amide bonds. The SMILES string of the molecule is CSc1nc(N2CCOC[C@@](C)(O)C2)c2c(n1)C1(CC1)CC2=O. The average Bonchev–Trinajstić information content (AvgIpc) is 3.25. The summed E-state index contributed by atoms with van der Waals surface area (Å²) in [5.74, 6) is 0.823. The van der Waals surface area contributed by atoms with Gasteiger partial charge in [-0.05, 0) is 26.0 Å². The van der Waals surface area contributed by atoms with Gasteiger partial charge in [0.2, 0.25) is 0 Å². The first-order valence-electron chi connectivity index (χ1n) is 7.99. The lowest BCUT2D eigenvalue weighted by atomic mass is 10.0. The quantitative estimate of drug-likeness (QED) is 0.647. The van der Waals surface area contributed by atoms with Crippen LogP contribution < -0.4 is 4.90 Å². The van der Waals surface area contributed by atoms with E-state index in [9.17, 15) is 9.90 Å². The third-order valence-corrected chi connectivity index (χ3v) is 5.48. The van der Waals surface area contributed by atoms with Gasteiger partial charge in [-0.2, -0.15) is 0 Å². The molecule has 1 aromatic heterocycles. The number of β-amino-alcohol motifs (C(OH)–C–C–N with tert-alkyl or cyclic N) is 1. The number of carbonyl (C=O) groups is 1. The summed E-state index contributed by atoms with van der Waals surface area (Å²) in [5, 5.41) is 11.1. The first-order chi connectivity index (χ1) is 10.9. The van der Waals surface area contributed by atoms with Crippen LogP contribution in [0.2, 0.25) is 0 Å². The van der Waals surface area contributed by atoms with E-state index in [0.717, 1.165) is 18.5 Å². The molecule has 2 aliphatic carbocycles. The van der Waals surface area contributed by atoms with Crippen molar-refractivity contribution in [2.75, 3.05) is 37.5 Å². The molecule has 0 unspecified atom stereocenters. The van der Waals surface area contributed by atoms with Gasteiger partial charge in [0.05, 0.1) is 31.0 Å². The number of hydrogen-bond donors (Lipinski definition) is 1. The largest absolute Gasteiger partial charge is 0.386 e. The smallest absolute Gasteiger partial charge is 0.189 e. The number of anilines is 1. The van der Waals surface area contributed by atoms with Crippen molar-refractivity contribution < 1.29 is 14.6 Å². The molecule has 2 fully saturated rings. The highest BCUT2D eigenvalue weighted by atomic mass is 32.2. The van der Waals surface area contributed by atoms with E-state index in [-0.39, 0.29) is 11.2 Å². The minimum absolute atomic E-state index is 0.0283. The van der Waals surface area contributed by atoms with Crippen LogP contribution in [0.1, 0.15) is 42.2 Å². The van der Waals surface area contributed by atoms with Gasteiger partial charge in [0.1, 0.15) is 11.4 Å². The summed E-state index contributed by atoms with van der Waals surface area (Å²) in [7, 11) is 0. The zero-order valence-electron chi connectivity index (χ0n) is 13.5. The standard InChI is InChI=1S/C16H21N3O3S/c1-15(21)8-19(5-6-22-9-15)13-11-10(20)7-16(3-4-16)12(11)17-14(18-13)23-2/h21H,3-9H2,1-2H3/t15-/m0/s1. The molecule has 6 nitrogen and oxygen atoms in total. The van der Waals surface area contributed by atoms with Gasteiger partial charge < -0.3 is 14.7 Å². The molecule has 0 aromatic carbocycles. The highest BCUT2D eigenvalue weighted by molar-refractivity contribution is 7.98. The maximum absolute atomic E-state index is 12.6. The van der Waals surface area contributed by atoms with Crippen molar-refractivity contribution in [3.05, 3.63) is 11.3 Å². The number of hydrogen-bond acceptors (Lipinski definition) is 7. The zero-order chi connectivity index (χ0) is 16.2. The number of aliphatic hydroxyl groups is 1. The topological polar surface area (TPSA) is 75.6 Å². The summed E-state index contributed by atoms with van der Waals surface area (Å²) >= 11 is 1.49. The molecule has 0 bridgehead atoms. The van der Waals surface area contributed by atoms with Crippen molar-refractivity contribution in [1.29, 1.82) is 0 Å². The molecule has 1 aliphatic heterocycles. The Kier molecular flexibility index (Phi) is 3.44. The molecule has 124 valence electrons. The predicted molar refractivity (Wildman–Crippen MR) is 87.3 cm³/mol. The van der Waals surface area contributed by atoms with Crippen LogP contribution in [0.25, 0.3) is 0 Å². The maximum atomic E-state index is 12.6. The van der Waals surface area contributed by atoms with E-state index in [4.69, 9.17) is 4.74 Å². The van der Waals surface area contributed by atoms with Crippen LogP contribution in [0.15, 0.2) is 5.16 Å². The number of rotatable bonds is 2. The van der Waals surface area contributed by atoms with Gasteiger partial charge in [0.25, 0.3) is 0 Å². The van der Waals surface area contributed by atoms with Crippen LogP contribution >= 0.6 is 11.8 Å². The fourth-order valence-electron chi connectivity index (χ4n) is 3.62. The Bertz CT molecular complexity index is 673. The lowest BCUT2D eigenvalue weighted by Crippen LogP contribution is -2.42. The molecule has 1 N–H and O–H groups in total. The highest BCUT2D eigenvalue weighted by Gasteiger charge is 2.55. The monoisotopic (exact) mass is 335 g/mol. The van der Waals surface area contributed by atoms with E-state index >= 15 is 0 Å². The molecular formula is C16H21N3O3S. The molecule has 1 saturated carbocycles. The highest BCUT2D eigenvalue weighted by Crippen LogP contribution is 2.57. The predicted octanol–water partition coefficient (Wildman–Crippen LogP) is 1.40. The lowest BCUT2D eigenvalue weighted by Gasteiger charge is -2.29. The summed E-state index contributed by atoms with van der Waals surface area (Å²) < 4.78 is 5.49. The van der Waals surface area contributed by atoms with Crippen LogP contribution in [0.3, 0.4) is 0 Å². The summed E-state index contributed by atoms with van der Waals surface area (Å²) in [6.07, 6.45) is 4.58. The Morgan fingerprint density at radius 3 is 2.83 bits per heavy atom. The number of aromatic nitrogens is 2. The Morgan fingerprint density at radius 2 is 2.13 bits per heavy atom. The van der Waals surface area contributed by atoms with Crippen LogP contribution in [-0.2, 0) is 10.2 Å². The minimum atomic E-state index is -0.952. The van der Waals surface area contributed by atoms with Crippen molar-refractivity contribution >= 4 is 23.4 Å². The molecule has 2 heterocycles. The first-order valence-corrected chi connectivity index (χ1v) is 9.21. The van der Waals surface area contributed by atoms with E-state index in [1.807, 2.05) is 11.2 Å². The molecule has 7 heteroatoms. The second kappa shape index (κ2) is 5.16. The van der Waals surface area contributed by atoms with Crippen molar-refractivity contribution in [3.63, 3.8) is 0 Å². The van der Waals surface area contributed by atoms with Crippen molar-refractivity contribution in [1.82, 2.24) is 9.97 Å². The van der Waals surface area contributed by atoms with Gasteiger partial charge in [0, 0.05) is 18.4 Å². The summed E-state index contributed by atoms with van der Waals surface area (Å²) in [6, 6.07) is 0.